The summed E-state index contributed by atoms with van der Waals surface area (Å²) in [6, 6.07) is 13.3. The van der Waals surface area contributed by atoms with E-state index in [-0.39, 0.29) is 0 Å². The molecule has 7 heteroatoms. The summed E-state index contributed by atoms with van der Waals surface area (Å²) in [5.74, 6) is -1.25. The maximum Gasteiger partial charge on any atom is 0.331 e. The summed E-state index contributed by atoms with van der Waals surface area (Å²) in [7, 11) is 0. The number of para-hydroxylation sites is 1. The zero-order valence-corrected chi connectivity index (χ0v) is 14.3. The van der Waals surface area contributed by atoms with Crippen LogP contribution >= 0.6 is 23.2 Å². The van der Waals surface area contributed by atoms with Gasteiger partial charge in [0.05, 0.1) is 11.3 Å². The number of hydrogen-bond acceptors (Lipinski definition) is 4. The fraction of sp³-hybridized carbons (Fsp3) is 0.0556. The molecule has 2 aromatic rings. The van der Waals surface area contributed by atoms with E-state index in [0.29, 0.717) is 26.9 Å². The normalized spacial score (nSPS) is 10.3. The van der Waals surface area contributed by atoms with Crippen molar-refractivity contribution in [2.75, 3.05) is 11.9 Å². The molecule has 0 fully saturated rings. The number of halogens is 2. The zero-order valence-electron chi connectivity index (χ0n) is 12.8. The van der Waals surface area contributed by atoms with Crippen LogP contribution in [0.25, 0.3) is 6.08 Å². The second-order valence-electron chi connectivity index (χ2n) is 4.81. The van der Waals surface area contributed by atoms with Gasteiger partial charge in [0, 0.05) is 16.1 Å². The number of ether oxygens (including phenoxy) is 1. The number of carbonyl (C=O) groups excluding carboxylic acids is 2. The minimum absolute atomic E-state index is 0.319. The average Bonchev–Trinajstić information content (AvgIpc) is 2.59. The van der Waals surface area contributed by atoms with Gasteiger partial charge < -0.3 is 10.1 Å². The molecule has 5 nitrogen and oxygen atoms in total. The van der Waals surface area contributed by atoms with Crippen LogP contribution in [0.1, 0.15) is 11.1 Å². The molecule has 0 heterocycles. The molecule has 25 heavy (non-hydrogen) atoms. The molecule has 0 saturated heterocycles. The van der Waals surface area contributed by atoms with E-state index >= 15 is 0 Å². The van der Waals surface area contributed by atoms with Crippen LogP contribution in [0.5, 0.6) is 0 Å². The minimum Gasteiger partial charge on any atom is -0.452 e. The van der Waals surface area contributed by atoms with Crippen molar-refractivity contribution >= 4 is 46.8 Å². The predicted molar refractivity (Wildman–Crippen MR) is 96.2 cm³/mol. The van der Waals surface area contributed by atoms with Gasteiger partial charge in [-0.2, -0.15) is 5.26 Å². The number of nitrogens with one attached hydrogen (secondary N) is 1. The first kappa shape index (κ1) is 18.5. The van der Waals surface area contributed by atoms with Crippen LogP contribution in [0.4, 0.5) is 5.69 Å². The number of benzene rings is 2. The molecule has 0 saturated carbocycles. The van der Waals surface area contributed by atoms with Crippen molar-refractivity contribution in [1.29, 1.82) is 5.26 Å². The van der Waals surface area contributed by atoms with Crippen molar-refractivity contribution < 1.29 is 14.3 Å². The predicted octanol–water partition coefficient (Wildman–Crippen LogP) is 4.06. The Morgan fingerprint density at radius 3 is 2.68 bits per heavy atom. The number of rotatable bonds is 5. The average molecular weight is 375 g/mol. The number of nitrogens with zero attached hydrogens (tertiary/aromatic N) is 1. The first-order valence-corrected chi connectivity index (χ1v) is 7.84. The fourth-order valence-electron chi connectivity index (χ4n) is 1.86. The van der Waals surface area contributed by atoms with E-state index in [4.69, 9.17) is 33.2 Å². The molecule has 126 valence electrons. The second-order valence-corrected chi connectivity index (χ2v) is 5.66. The zero-order chi connectivity index (χ0) is 18.2. The van der Waals surface area contributed by atoms with Crippen LogP contribution in [0.2, 0.25) is 10.0 Å². The van der Waals surface area contributed by atoms with Crippen LogP contribution in [-0.2, 0) is 14.3 Å². The van der Waals surface area contributed by atoms with Crippen LogP contribution in [0.3, 0.4) is 0 Å². The Morgan fingerprint density at radius 1 is 1.20 bits per heavy atom. The van der Waals surface area contributed by atoms with E-state index in [1.165, 1.54) is 6.08 Å². The van der Waals surface area contributed by atoms with Gasteiger partial charge >= 0.3 is 5.97 Å². The molecule has 0 aliphatic heterocycles. The van der Waals surface area contributed by atoms with Gasteiger partial charge in [-0.25, -0.2) is 4.79 Å². The molecule has 0 aliphatic rings. The van der Waals surface area contributed by atoms with Crippen molar-refractivity contribution in [2.45, 2.75) is 0 Å². The van der Waals surface area contributed by atoms with E-state index in [1.54, 1.807) is 42.5 Å². The molecule has 0 aromatic heterocycles. The largest absolute Gasteiger partial charge is 0.452 e. The highest BCUT2D eigenvalue weighted by atomic mass is 35.5. The summed E-state index contributed by atoms with van der Waals surface area (Å²) in [6.07, 6.45) is 2.62. The summed E-state index contributed by atoms with van der Waals surface area (Å²) in [5.41, 5.74) is 1.27. The highest BCUT2D eigenvalue weighted by molar-refractivity contribution is 6.35. The smallest absolute Gasteiger partial charge is 0.331 e. The molecule has 0 radical (unpaired) electrons. The van der Waals surface area contributed by atoms with E-state index in [0.717, 1.165) is 6.08 Å². The van der Waals surface area contributed by atoms with E-state index < -0.39 is 18.5 Å². The third-order valence-corrected chi connectivity index (χ3v) is 3.59. The number of nitriles is 1. The maximum atomic E-state index is 11.8. The Labute approximate surface area is 154 Å². The van der Waals surface area contributed by atoms with Crippen molar-refractivity contribution in [1.82, 2.24) is 0 Å². The van der Waals surface area contributed by atoms with E-state index in [9.17, 15) is 9.59 Å². The van der Waals surface area contributed by atoms with Crippen LogP contribution in [0.15, 0.2) is 48.5 Å². The van der Waals surface area contributed by atoms with Crippen LogP contribution in [0, 0.1) is 11.3 Å². The standard InChI is InChI=1S/C18H12Cl2N2O3/c19-14-7-5-12(15(20)9-14)6-8-18(24)25-11-17(23)22-16-4-2-1-3-13(16)10-21/h1-9H,11H2,(H,22,23). The second kappa shape index (κ2) is 8.88. The molecule has 1 N–H and O–H groups in total. The van der Waals surface area contributed by atoms with Gasteiger partial charge in [-0.1, -0.05) is 41.4 Å². The van der Waals surface area contributed by atoms with Crippen molar-refractivity contribution in [3.8, 4) is 6.07 Å². The molecule has 2 rings (SSSR count). The number of esters is 1. The highest BCUT2D eigenvalue weighted by Gasteiger charge is 2.08. The van der Waals surface area contributed by atoms with E-state index in [1.807, 2.05) is 6.07 Å². The Hall–Kier alpha value is -2.81. The molecule has 0 unspecified atom stereocenters. The van der Waals surface area contributed by atoms with Gasteiger partial charge in [-0.05, 0) is 35.9 Å². The lowest BCUT2D eigenvalue weighted by Gasteiger charge is -2.06. The van der Waals surface area contributed by atoms with Crippen molar-refractivity contribution in [2.24, 2.45) is 0 Å². The molecule has 2 aromatic carbocycles. The lowest BCUT2D eigenvalue weighted by Crippen LogP contribution is -2.20. The Bertz CT molecular complexity index is 873. The quantitative estimate of drug-likeness (QED) is 0.631. The highest BCUT2D eigenvalue weighted by Crippen LogP contribution is 2.22. The summed E-state index contributed by atoms with van der Waals surface area (Å²) < 4.78 is 4.85. The summed E-state index contributed by atoms with van der Waals surface area (Å²) in [4.78, 5) is 23.5. The number of carbonyl (C=O) groups is 2. The van der Waals surface area contributed by atoms with Crippen LogP contribution in [-0.4, -0.2) is 18.5 Å². The van der Waals surface area contributed by atoms with Gasteiger partial charge in [0.15, 0.2) is 6.61 Å². The molecule has 0 spiro atoms. The van der Waals surface area contributed by atoms with Gasteiger partial charge in [0.25, 0.3) is 5.91 Å². The Balaban J connectivity index is 1.88. The molecular formula is C18H12Cl2N2O3. The summed E-state index contributed by atoms with van der Waals surface area (Å²) in [5, 5.41) is 12.3. The van der Waals surface area contributed by atoms with Gasteiger partial charge in [-0.15, -0.1) is 0 Å². The first-order chi connectivity index (χ1) is 12.0. The maximum absolute atomic E-state index is 11.8. The van der Waals surface area contributed by atoms with Crippen molar-refractivity contribution in [3.05, 3.63) is 69.7 Å². The number of anilines is 1. The van der Waals surface area contributed by atoms with Gasteiger partial charge in [0.2, 0.25) is 0 Å². The molecule has 0 atom stereocenters. The first-order valence-electron chi connectivity index (χ1n) is 7.08. The molecule has 1 amide bonds. The molecule has 0 bridgehead atoms. The lowest BCUT2D eigenvalue weighted by atomic mass is 10.2. The fourth-order valence-corrected chi connectivity index (χ4v) is 2.33. The lowest BCUT2D eigenvalue weighted by molar-refractivity contribution is -0.142. The van der Waals surface area contributed by atoms with Gasteiger partial charge in [0.1, 0.15) is 6.07 Å². The third kappa shape index (κ3) is 5.64. The Morgan fingerprint density at radius 2 is 1.96 bits per heavy atom. The SMILES string of the molecule is N#Cc1ccccc1NC(=O)COC(=O)C=Cc1ccc(Cl)cc1Cl. The van der Waals surface area contributed by atoms with Gasteiger partial charge in [-0.3, -0.25) is 4.79 Å². The summed E-state index contributed by atoms with van der Waals surface area (Å²) in [6.45, 7) is -0.475. The van der Waals surface area contributed by atoms with E-state index in [2.05, 4.69) is 5.32 Å². The molecule has 0 aliphatic carbocycles. The number of hydrogen-bond donors (Lipinski definition) is 1. The topological polar surface area (TPSA) is 79.2 Å². The third-order valence-electron chi connectivity index (χ3n) is 3.03. The van der Waals surface area contributed by atoms with Crippen molar-refractivity contribution in [3.63, 3.8) is 0 Å². The minimum atomic E-state index is -0.699. The Kier molecular flexibility index (Phi) is 6.58. The van der Waals surface area contributed by atoms with Crippen LogP contribution < -0.4 is 5.32 Å². The summed E-state index contributed by atoms with van der Waals surface area (Å²) >= 11 is 11.8. The number of amides is 1. The molecular weight excluding hydrogens is 363 g/mol. The monoisotopic (exact) mass is 374 g/mol.